The van der Waals surface area contributed by atoms with Crippen molar-refractivity contribution in [3.05, 3.63) is 0 Å². The van der Waals surface area contributed by atoms with Crippen LogP contribution in [0.15, 0.2) is 0 Å². The molecule has 0 aromatic heterocycles. The van der Waals surface area contributed by atoms with Gasteiger partial charge in [-0.15, -0.1) is 0 Å². The maximum absolute atomic E-state index is 11.6. The first kappa shape index (κ1) is 22.0. The summed E-state index contributed by atoms with van der Waals surface area (Å²) in [6.45, 7) is 8.77. The molecule has 7 heteroatoms. The van der Waals surface area contributed by atoms with Crippen LogP contribution in [0.2, 0.25) is 0 Å². The van der Waals surface area contributed by atoms with Gasteiger partial charge in [0.05, 0.1) is 18.8 Å². The van der Waals surface area contributed by atoms with Crippen molar-refractivity contribution in [1.29, 1.82) is 0 Å². The van der Waals surface area contributed by atoms with Crippen molar-refractivity contribution in [1.82, 2.24) is 5.32 Å². The molecule has 0 fully saturated rings. The van der Waals surface area contributed by atoms with Crippen molar-refractivity contribution < 1.29 is 23.9 Å². The van der Waals surface area contributed by atoms with Gasteiger partial charge in [0.2, 0.25) is 5.91 Å². The van der Waals surface area contributed by atoms with Crippen LogP contribution >= 0.6 is 13.5 Å². The summed E-state index contributed by atoms with van der Waals surface area (Å²) < 4.78 is 9.57. The lowest BCUT2D eigenvalue weighted by molar-refractivity contribution is -0.128. The fraction of sp³-hybridized carbons (Fsp3) is 0.786. The summed E-state index contributed by atoms with van der Waals surface area (Å²) in [6, 6.07) is -0.464. The molecule has 0 heterocycles. The van der Waals surface area contributed by atoms with Gasteiger partial charge in [0.25, 0.3) is 0 Å². The van der Waals surface area contributed by atoms with Crippen LogP contribution in [-0.4, -0.2) is 36.6 Å². The Morgan fingerprint density at radius 2 is 1.67 bits per heavy atom. The van der Waals surface area contributed by atoms with Gasteiger partial charge < -0.3 is 14.8 Å². The molecular formula is C14H27NO5S. The van der Waals surface area contributed by atoms with Crippen LogP contribution in [0.1, 0.15) is 47.5 Å². The quantitative estimate of drug-likeness (QED) is 0.547. The van der Waals surface area contributed by atoms with Crippen molar-refractivity contribution in [2.45, 2.75) is 59.6 Å². The fourth-order valence-corrected chi connectivity index (χ4v) is 1.60. The van der Waals surface area contributed by atoms with Crippen LogP contribution < -0.4 is 5.32 Å². The van der Waals surface area contributed by atoms with E-state index in [1.165, 1.54) is 6.92 Å². The van der Waals surface area contributed by atoms with Crippen molar-refractivity contribution in [3.8, 4) is 0 Å². The van der Waals surface area contributed by atoms with Crippen LogP contribution in [0, 0.1) is 5.92 Å². The van der Waals surface area contributed by atoms with Crippen LogP contribution in [0.3, 0.4) is 0 Å². The summed E-state index contributed by atoms with van der Waals surface area (Å²) >= 11 is 0. The zero-order chi connectivity index (χ0) is 15.7. The molecule has 0 radical (unpaired) electrons. The van der Waals surface area contributed by atoms with E-state index < -0.39 is 12.2 Å². The number of rotatable bonds is 8. The predicted molar refractivity (Wildman–Crippen MR) is 84.6 cm³/mol. The highest BCUT2D eigenvalue weighted by atomic mass is 32.1. The standard InChI is InChI=1S/C14H25NO5.H2S/c1-9(2)13(11(5)16)15-12(17)7-6-8-19-14(18)20-10(3)4;/h9-10,13H,6-8H2,1-5H3,(H,15,17);1H2. The van der Waals surface area contributed by atoms with Gasteiger partial charge in [-0.3, -0.25) is 9.59 Å². The van der Waals surface area contributed by atoms with Gasteiger partial charge in [-0.2, -0.15) is 13.5 Å². The minimum atomic E-state index is -0.732. The lowest BCUT2D eigenvalue weighted by Crippen LogP contribution is -2.43. The van der Waals surface area contributed by atoms with Gasteiger partial charge in [-0.05, 0) is 33.1 Å². The highest BCUT2D eigenvalue weighted by Gasteiger charge is 2.20. The van der Waals surface area contributed by atoms with Gasteiger partial charge in [0, 0.05) is 6.42 Å². The van der Waals surface area contributed by atoms with Crippen molar-refractivity contribution >= 4 is 31.3 Å². The van der Waals surface area contributed by atoms with E-state index in [0.717, 1.165) is 0 Å². The molecule has 21 heavy (non-hydrogen) atoms. The van der Waals surface area contributed by atoms with Crippen LogP contribution in [0.25, 0.3) is 0 Å². The average Bonchev–Trinajstić information content (AvgIpc) is 2.30. The maximum atomic E-state index is 11.6. The topological polar surface area (TPSA) is 81.7 Å². The highest BCUT2D eigenvalue weighted by molar-refractivity contribution is 7.59. The third-order valence-corrected chi connectivity index (χ3v) is 2.52. The normalized spacial score (nSPS) is 11.6. The molecule has 0 saturated carbocycles. The molecule has 0 saturated heterocycles. The molecule has 1 amide bonds. The Kier molecular flexibility index (Phi) is 12.0. The zero-order valence-corrected chi connectivity index (χ0v) is 14.4. The first-order valence-corrected chi connectivity index (χ1v) is 6.87. The van der Waals surface area contributed by atoms with Crippen molar-refractivity contribution in [3.63, 3.8) is 0 Å². The number of ether oxygens (including phenoxy) is 2. The summed E-state index contributed by atoms with van der Waals surface area (Å²) in [5.41, 5.74) is 0. The predicted octanol–water partition coefficient (Wildman–Crippen LogP) is 2.17. The largest absolute Gasteiger partial charge is 0.508 e. The van der Waals surface area contributed by atoms with Gasteiger partial charge in [-0.25, -0.2) is 4.79 Å². The maximum Gasteiger partial charge on any atom is 0.508 e. The van der Waals surface area contributed by atoms with Crippen molar-refractivity contribution in [2.75, 3.05) is 6.61 Å². The number of carbonyl (C=O) groups is 3. The minimum Gasteiger partial charge on any atom is -0.434 e. The van der Waals surface area contributed by atoms with Crippen LogP contribution in [-0.2, 0) is 19.1 Å². The Morgan fingerprint density at radius 1 is 1.10 bits per heavy atom. The Bertz CT molecular complexity index is 344. The first-order valence-electron chi connectivity index (χ1n) is 6.87. The third-order valence-electron chi connectivity index (χ3n) is 2.52. The summed E-state index contributed by atoms with van der Waals surface area (Å²) in [6.07, 6.45) is -0.370. The number of ketones is 1. The third kappa shape index (κ3) is 11.1. The molecule has 6 nitrogen and oxygen atoms in total. The second-order valence-corrected chi connectivity index (χ2v) is 5.27. The van der Waals surface area contributed by atoms with Gasteiger partial charge in [0.1, 0.15) is 0 Å². The molecular weight excluding hydrogens is 294 g/mol. The molecule has 0 aromatic carbocycles. The average molecular weight is 321 g/mol. The van der Waals surface area contributed by atoms with Crippen LogP contribution in [0.5, 0.6) is 0 Å². The van der Waals surface area contributed by atoms with Gasteiger partial charge in [-0.1, -0.05) is 13.8 Å². The minimum absolute atomic E-state index is 0. The second kappa shape index (κ2) is 11.4. The monoisotopic (exact) mass is 321 g/mol. The fourth-order valence-electron chi connectivity index (χ4n) is 1.60. The van der Waals surface area contributed by atoms with E-state index in [1.807, 2.05) is 13.8 Å². The summed E-state index contributed by atoms with van der Waals surface area (Å²) in [4.78, 5) is 34.1. The molecule has 0 aromatic rings. The van der Waals surface area contributed by atoms with E-state index in [2.05, 4.69) is 5.32 Å². The lowest BCUT2D eigenvalue weighted by Gasteiger charge is -2.19. The van der Waals surface area contributed by atoms with Gasteiger partial charge in [0.15, 0.2) is 5.78 Å². The Morgan fingerprint density at radius 3 is 2.10 bits per heavy atom. The van der Waals surface area contributed by atoms with E-state index in [9.17, 15) is 14.4 Å². The van der Waals surface area contributed by atoms with Crippen LogP contribution in [0.4, 0.5) is 4.79 Å². The molecule has 0 aliphatic heterocycles. The zero-order valence-electron chi connectivity index (χ0n) is 13.4. The Hall–Kier alpha value is -1.24. The number of Topliss-reactive ketones (excluding diaryl/α,β-unsaturated/α-hetero) is 1. The van der Waals surface area contributed by atoms with E-state index in [-0.39, 0.29) is 50.2 Å². The number of carbonyl (C=O) groups excluding carboxylic acids is 3. The number of amides is 1. The Labute approximate surface area is 133 Å². The molecule has 1 atom stereocenters. The molecule has 0 spiro atoms. The lowest BCUT2D eigenvalue weighted by atomic mass is 10.0. The molecule has 1 N–H and O–H groups in total. The molecule has 0 bridgehead atoms. The van der Waals surface area contributed by atoms with E-state index in [4.69, 9.17) is 9.47 Å². The number of hydrogen-bond donors (Lipinski definition) is 1. The van der Waals surface area contributed by atoms with Gasteiger partial charge >= 0.3 is 6.16 Å². The summed E-state index contributed by atoms with van der Waals surface area (Å²) in [7, 11) is 0. The SMILES string of the molecule is CC(=O)C(NC(=O)CCCOC(=O)OC(C)C)C(C)C.S. The van der Waals surface area contributed by atoms with Crippen molar-refractivity contribution in [2.24, 2.45) is 5.92 Å². The van der Waals surface area contributed by atoms with E-state index >= 15 is 0 Å². The second-order valence-electron chi connectivity index (χ2n) is 5.27. The highest BCUT2D eigenvalue weighted by Crippen LogP contribution is 2.04. The molecule has 0 aliphatic rings. The molecule has 1 unspecified atom stereocenters. The van der Waals surface area contributed by atoms with E-state index in [1.54, 1.807) is 13.8 Å². The van der Waals surface area contributed by atoms with E-state index in [0.29, 0.717) is 6.42 Å². The molecule has 0 rings (SSSR count). The first-order chi connectivity index (χ1) is 9.23. The summed E-state index contributed by atoms with van der Waals surface area (Å²) in [5, 5.41) is 2.68. The molecule has 124 valence electrons. The number of nitrogens with one attached hydrogen (secondary N) is 1. The number of hydrogen-bond acceptors (Lipinski definition) is 5. The molecule has 0 aliphatic carbocycles. The summed E-state index contributed by atoms with van der Waals surface area (Å²) in [5.74, 6) is -0.237. The smallest absolute Gasteiger partial charge is 0.434 e. The Balaban J connectivity index is 0.